The number of aliphatic imine (C=N–C) groups is 1. The lowest BCUT2D eigenvalue weighted by molar-refractivity contribution is -0.139. The lowest BCUT2D eigenvalue weighted by Crippen LogP contribution is -2.29. The molecule has 1 aromatic heterocycles. The van der Waals surface area contributed by atoms with E-state index in [-0.39, 0.29) is 5.91 Å². The van der Waals surface area contributed by atoms with Crippen LogP contribution in [0, 0.1) is 6.92 Å². The molecule has 0 atom stereocenters. The van der Waals surface area contributed by atoms with E-state index in [1.54, 1.807) is 29.2 Å². The second kappa shape index (κ2) is 8.98. The standard InChI is InChI=1S/C18H18N4O4S2/c1-3-7-22-16(25)14(28-18(22)19-17-21-20-11(2)27-17)9-12-5-4-6-13(8-12)26-10-15(23)24/h4-6,8-9H,3,7,10H2,1-2H3,(H,23,24)/b14-9+,19-18+. The number of carbonyl (C=O) groups is 2. The minimum atomic E-state index is -1.05. The van der Waals surface area contributed by atoms with Gasteiger partial charge in [-0.25, -0.2) is 4.79 Å². The van der Waals surface area contributed by atoms with Crippen LogP contribution < -0.4 is 4.74 Å². The molecule has 146 valence electrons. The van der Waals surface area contributed by atoms with Crippen molar-refractivity contribution in [3.8, 4) is 5.75 Å². The number of carbonyl (C=O) groups excluding carboxylic acids is 1. The number of rotatable bonds is 7. The molecule has 0 aliphatic carbocycles. The quantitative estimate of drug-likeness (QED) is 0.688. The Hall–Kier alpha value is -2.72. The van der Waals surface area contributed by atoms with Crippen molar-refractivity contribution < 1.29 is 19.4 Å². The number of hydrogen-bond acceptors (Lipinski definition) is 8. The van der Waals surface area contributed by atoms with Crippen molar-refractivity contribution >= 4 is 51.4 Å². The maximum absolute atomic E-state index is 12.8. The first-order valence-electron chi connectivity index (χ1n) is 8.51. The molecule has 8 nitrogen and oxygen atoms in total. The van der Waals surface area contributed by atoms with Gasteiger partial charge in [0.2, 0.25) is 5.13 Å². The topological polar surface area (TPSA) is 105 Å². The van der Waals surface area contributed by atoms with E-state index in [4.69, 9.17) is 9.84 Å². The van der Waals surface area contributed by atoms with Crippen LogP contribution in [0.5, 0.6) is 5.75 Å². The van der Waals surface area contributed by atoms with Crippen LogP contribution in [0.15, 0.2) is 34.2 Å². The van der Waals surface area contributed by atoms with E-state index in [0.29, 0.717) is 27.5 Å². The maximum Gasteiger partial charge on any atom is 0.341 e. The molecule has 3 rings (SSSR count). The summed E-state index contributed by atoms with van der Waals surface area (Å²) in [6.07, 6.45) is 2.55. The van der Waals surface area contributed by atoms with Crippen LogP contribution in [0.25, 0.3) is 6.08 Å². The van der Waals surface area contributed by atoms with E-state index < -0.39 is 12.6 Å². The van der Waals surface area contributed by atoms with Gasteiger partial charge in [-0.05, 0) is 48.9 Å². The number of amidine groups is 1. The molecular formula is C18H18N4O4S2. The van der Waals surface area contributed by atoms with Gasteiger partial charge in [-0.1, -0.05) is 30.4 Å². The average molecular weight is 419 g/mol. The summed E-state index contributed by atoms with van der Waals surface area (Å²) in [5.74, 6) is -0.743. The van der Waals surface area contributed by atoms with Gasteiger partial charge in [-0.2, -0.15) is 4.99 Å². The molecule has 1 N–H and O–H groups in total. The zero-order chi connectivity index (χ0) is 20.1. The summed E-state index contributed by atoms with van der Waals surface area (Å²) in [6, 6.07) is 6.93. The predicted octanol–water partition coefficient (Wildman–Crippen LogP) is 3.32. The normalized spacial score (nSPS) is 16.9. The zero-order valence-corrected chi connectivity index (χ0v) is 16.9. The Bertz CT molecular complexity index is 955. The van der Waals surface area contributed by atoms with E-state index in [2.05, 4.69) is 15.2 Å². The second-order valence-corrected chi connectivity index (χ2v) is 7.99. The van der Waals surface area contributed by atoms with Crippen LogP contribution in [0.1, 0.15) is 23.9 Å². The number of aromatic nitrogens is 2. The Morgan fingerprint density at radius 3 is 2.89 bits per heavy atom. The highest BCUT2D eigenvalue weighted by atomic mass is 32.2. The molecule has 0 bridgehead atoms. The first kappa shape index (κ1) is 20.0. The molecule has 2 aromatic rings. The fourth-order valence-corrected chi connectivity index (χ4v) is 4.04. The summed E-state index contributed by atoms with van der Waals surface area (Å²) in [5, 5.41) is 18.6. The van der Waals surface area contributed by atoms with Gasteiger partial charge in [0.25, 0.3) is 5.91 Å². The molecule has 1 aliphatic heterocycles. The summed E-state index contributed by atoms with van der Waals surface area (Å²) < 4.78 is 5.19. The Kier molecular flexibility index (Phi) is 6.42. The molecule has 1 saturated heterocycles. The largest absolute Gasteiger partial charge is 0.482 e. The average Bonchev–Trinajstić information content (AvgIpc) is 3.19. The SMILES string of the molecule is CCCN1C(=O)/C(=C\c2cccc(OCC(=O)O)c2)S/C1=N/c1nnc(C)s1. The van der Waals surface area contributed by atoms with Gasteiger partial charge < -0.3 is 9.84 Å². The minimum Gasteiger partial charge on any atom is -0.482 e. The van der Waals surface area contributed by atoms with Crippen LogP contribution >= 0.6 is 23.1 Å². The fourth-order valence-electron chi connectivity index (χ4n) is 2.42. The van der Waals surface area contributed by atoms with Gasteiger partial charge in [0.1, 0.15) is 10.8 Å². The maximum atomic E-state index is 12.8. The molecule has 0 spiro atoms. The van der Waals surface area contributed by atoms with Gasteiger partial charge in [0, 0.05) is 6.54 Å². The Morgan fingerprint density at radius 2 is 2.21 bits per heavy atom. The number of carboxylic acids is 1. The van der Waals surface area contributed by atoms with Crippen LogP contribution in [-0.4, -0.2) is 50.4 Å². The van der Waals surface area contributed by atoms with Crippen LogP contribution in [0.2, 0.25) is 0 Å². The highest BCUT2D eigenvalue weighted by Gasteiger charge is 2.33. The molecule has 10 heteroatoms. The molecule has 0 unspecified atom stereocenters. The number of carboxylic acid groups (broad SMARTS) is 1. The second-order valence-electron chi connectivity index (χ2n) is 5.82. The highest BCUT2D eigenvalue weighted by Crippen LogP contribution is 2.35. The highest BCUT2D eigenvalue weighted by molar-refractivity contribution is 8.18. The molecule has 0 saturated carbocycles. The van der Waals surface area contributed by atoms with Gasteiger partial charge in [0.05, 0.1) is 4.91 Å². The van der Waals surface area contributed by atoms with Crippen molar-refractivity contribution in [3.63, 3.8) is 0 Å². The zero-order valence-electron chi connectivity index (χ0n) is 15.3. The molecule has 1 fully saturated rings. The third-order valence-electron chi connectivity index (χ3n) is 3.56. The summed E-state index contributed by atoms with van der Waals surface area (Å²) >= 11 is 2.65. The third-order valence-corrected chi connectivity index (χ3v) is 5.30. The summed E-state index contributed by atoms with van der Waals surface area (Å²) in [6.45, 7) is 3.98. The smallest absolute Gasteiger partial charge is 0.341 e. The van der Waals surface area contributed by atoms with Crippen LogP contribution in [0.4, 0.5) is 5.13 Å². The van der Waals surface area contributed by atoms with Crippen molar-refractivity contribution in [2.75, 3.05) is 13.2 Å². The number of thioether (sulfide) groups is 1. The summed E-state index contributed by atoms with van der Waals surface area (Å²) in [5.41, 5.74) is 0.739. The van der Waals surface area contributed by atoms with Crippen molar-refractivity contribution in [2.24, 2.45) is 4.99 Å². The van der Waals surface area contributed by atoms with E-state index in [9.17, 15) is 9.59 Å². The van der Waals surface area contributed by atoms with Gasteiger partial charge in [-0.3, -0.25) is 9.69 Å². The fraction of sp³-hybridized carbons (Fsp3) is 0.278. The molecule has 0 radical (unpaired) electrons. The van der Waals surface area contributed by atoms with Gasteiger partial charge >= 0.3 is 5.97 Å². The van der Waals surface area contributed by atoms with Gasteiger partial charge in [-0.15, -0.1) is 10.2 Å². The lowest BCUT2D eigenvalue weighted by Gasteiger charge is -2.13. The van der Waals surface area contributed by atoms with E-state index in [1.165, 1.54) is 23.1 Å². The minimum absolute atomic E-state index is 0.122. The predicted molar refractivity (Wildman–Crippen MR) is 109 cm³/mol. The first-order chi connectivity index (χ1) is 13.5. The number of aliphatic carboxylic acids is 1. The van der Waals surface area contributed by atoms with E-state index >= 15 is 0 Å². The lowest BCUT2D eigenvalue weighted by atomic mass is 10.2. The first-order valence-corrected chi connectivity index (χ1v) is 10.1. The molecule has 2 heterocycles. The molecule has 1 amide bonds. The Morgan fingerprint density at radius 1 is 1.39 bits per heavy atom. The van der Waals surface area contributed by atoms with E-state index in [0.717, 1.165) is 17.0 Å². The number of hydrogen-bond donors (Lipinski definition) is 1. The van der Waals surface area contributed by atoms with Gasteiger partial charge in [0.15, 0.2) is 11.8 Å². The van der Waals surface area contributed by atoms with Crippen LogP contribution in [0.3, 0.4) is 0 Å². The number of benzene rings is 1. The van der Waals surface area contributed by atoms with Crippen molar-refractivity contribution in [3.05, 3.63) is 39.7 Å². The molecule has 1 aliphatic rings. The molecular weight excluding hydrogens is 400 g/mol. The number of amides is 1. The Labute approximate surface area is 169 Å². The van der Waals surface area contributed by atoms with Crippen molar-refractivity contribution in [1.29, 1.82) is 0 Å². The number of aryl methyl sites for hydroxylation is 1. The number of nitrogens with zero attached hydrogens (tertiary/aromatic N) is 4. The van der Waals surface area contributed by atoms with Crippen molar-refractivity contribution in [2.45, 2.75) is 20.3 Å². The van der Waals surface area contributed by atoms with Crippen LogP contribution in [-0.2, 0) is 9.59 Å². The Balaban J connectivity index is 1.85. The van der Waals surface area contributed by atoms with E-state index in [1.807, 2.05) is 19.9 Å². The summed E-state index contributed by atoms with van der Waals surface area (Å²) in [7, 11) is 0. The number of ether oxygens (including phenoxy) is 1. The van der Waals surface area contributed by atoms with Crippen molar-refractivity contribution in [1.82, 2.24) is 15.1 Å². The molecule has 28 heavy (non-hydrogen) atoms. The molecule has 1 aromatic carbocycles. The third kappa shape index (κ3) is 4.96. The monoisotopic (exact) mass is 418 g/mol. The summed E-state index contributed by atoms with van der Waals surface area (Å²) in [4.78, 5) is 30.1.